The summed E-state index contributed by atoms with van der Waals surface area (Å²) < 4.78 is 4.60. The number of hydrogen-bond donors (Lipinski definition) is 0. The number of unbranched alkanes of at least 4 members (excludes halogenated alkanes) is 1. The molecule has 1 atom stereocenters. The normalized spacial score (nSPS) is 17.5. The highest BCUT2D eigenvalue weighted by atomic mass is 15.1. The second kappa shape index (κ2) is 5.02. The van der Waals surface area contributed by atoms with Crippen LogP contribution in [0.1, 0.15) is 43.5 Å². The average molecular weight is 280 g/mol. The molecule has 3 aromatic rings. The van der Waals surface area contributed by atoms with E-state index in [1.807, 2.05) is 18.9 Å². The van der Waals surface area contributed by atoms with E-state index >= 15 is 0 Å². The Morgan fingerprint density at radius 1 is 1.29 bits per heavy atom. The highest BCUT2D eigenvalue weighted by molar-refractivity contribution is 5.76. The van der Waals surface area contributed by atoms with Gasteiger partial charge in [-0.25, -0.2) is 9.97 Å². The van der Waals surface area contributed by atoms with Gasteiger partial charge in [0.05, 0.1) is 29.7 Å². The minimum atomic E-state index is 0.432. The quantitative estimate of drug-likeness (QED) is 0.732. The maximum absolute atomic E-state index is 4.52. The van der Waals surface area contributed by atoms with Crippen molar-refractivity contribution in [2.75, 3.05) is 0 Å². The van der Waals surface area contributed by atoms with Crippen LogP contribution < -0.4 is 0 Å². The molecular formula is C17H20N4. The number of fused-ring (bicyclic) bond motifs is 2. The zero-order valence-electron chi connectivity index (χ0n) is 12.4. The molecule has 1 unspecified atom stereocenters. The van der Waals surface area contributed by atoms with E-state index in [0.717, 1.165) is 18.5 Å². The van der Waals surface area contributed by atoms with Crippen LogP contribution in [0.3, 0.4) is 0 Å². The molecule has 108 valence electrons. The summed E-state index contributed by atoms with van der Waals surface area (Å²) in [7, 11) is 0. The predicted octanol–water partition coefficient (Wildman–Crippen LogP) is 3.57. The van der Waals surface area contributed by atoms with Crippen LogP contribution in [0.15, 0.2) is 37.1 Å². The Labute approximate surface area is 124 Å². The molecule has 0 spiro atoms. The van der Waals surface area contributed by atoms with Gasteiger partial charge in [0, 0.05) is 18.4 Å². The summed E-state index contributed by atoms with van der Waals surface area (Å²) in [5.74, 6) is 0. The Morgan fingerprint density at radius 3 is 3.14 bits per heavy atom. The van der Waals surface area contributed by atoms with Crippen molar-refractivity contribution in [2.24, 2.45) is 0 Å². The third-order valence-corrected chi connectivity index (χ3v) is 4.54. The van der Waals surface area contributed by atoms with Crippen LogP contribution in [0.4, 0.5) is 0 Å². The summed E-state index contributed by atoms with van der Waals surface area (Å²) in [5.41, 5.74) is 5.07. The van der Waals surface area contributed by atoms with E-state index in [0.29, 0.717) is 6.04 Å². The lowest BCUT2D eigenvalue weighted by Crippen LogP contribution is -2.05. The van der Waals surface area contributed by atoms with Crippen molar-refractivity contribution in [3.05, 3.63) is 48.3 Å². The first-order valence-electron chi connectivity index (χ1n) is 7.82. The van der Waals surface area contributed by atoms with Crippen LogP contribution in [-0.2, 0) is 13.0 Å². The SMILES string of the molecule is CCCCn1cnc2ccc(C3CCc4cncn43)cc21. The standard InChI is InChI=1S/C17H20N4/c1-2-3-8-20-12-19-15-6-4-13(9-17(15)20)16-7-5-14-10-18-11-21(14)16/h4,6,9-12,16H,2-3,5,7-8H2,1H3. The first-order valence-corrected chi connectivity index (χ1v) is 7.82. The van der Waals surface area contributed by atoms with E-state index in [4.69, 9.17) is 0 Å². The Balaban J connectivity index is 1.73. The lowest BCUT2D eigenvalue weighted by atomic mass is 10.0. The molecule has 0 saturated heterocycles. The van der Waals surface area contributed by atoms with Gasteiger partial charge in [-0.3, -0.25) is 0 Å². The Kier molecular flexibility index (Phi) is 3.02. The highest BCUT2D eigenvalue weighted by Gasteiger charge is 2.23. The summed E-state index contributed by atoms with van der Waals surface area (Å²) in [5, 5.41) is 0. The van der Waals surface area contributed by atoms with Gasteiger partial charge in [0.15, 0.2) is 0 Å². The number of aryl methyl sites for hydroxylation is 2. The molecule has 1 aliphatic rings. The van der Waals surface area contributed by atoms with Gasteiger partial charge < -0.3 is 9.13 Å². The van der Waals surface area contributed by atoms with E-state index in [1.54, 1.807) is 0 Å². The van der Waals surface area contributed by atoms with E-state index in [1.165, 1.54) is 36.0 Å². The smallest absolute Gasteiger partial charge is 0.0958 e. The van der Waals surface area contributed by atoms with Crippen molar-refractivity contribution < 1.29 is 0 Å². The summed E-state index contributed by atoms with van der Waals surface area (Å²) >= 11 is 0. The van der Waals surface area contributed by atoms with Crippen molar-refractivity contribution in [1.82, 2.24) is 19.1 Å². The van der Waals surface area contributed by atoms with Crippen molar-refractivity contribution in [2.45, 2.75) is 45.2 Å². The lowest BCUT2D eigenvalue weighted by Gasteiger charge is -2.14. The lowest BCUT2D eigenvalue weighted by molar-refractivity contribution is 0.614. The van der Waals surface area contributed by atoms with Gasteiger partial charge in [0.2, 0.25) is 0 Å². The molecule has 0 N–H and O–H groups in total. The van der Waals surface area contributed by atoms with Gasteiger partial charge in [-0.05, 0) is 37.0 Å². The highest BCUT2D eigenvalue weighted by Crippen LogP contribution is 2.32. The number of aromatic nitrogens is 4. The predicted molar refractivity (Wildman–Crippen MR) is 83.3 cm³/mol. The second-order valence-corrected chi connectivity index (χ2v) is 5.89. The molecule has 0 bridgehead atoms. The molecule has 3 heterocycles. The first kappa shape index (κ1) is 12.6. The number of rotatable bonds is 4. The van der Waals surface area contributed by atoms with Gasteiger partial charge >= 0.3 is 0 Å². The van der Waals surface area contributed by atoms with Crippen molar-refractivity contribution in [1.29, 1.82) is 0 Å². The third-order valence-electron chi connectivity index (χ3n) is 4.54. The third kappa shape index (κ3) is 2.06. The molecule has 4 nitrogen and oxygen atoms in total. The maximum atomic E-state index is 4.52. The summed E-state index contributed by atoms with van der Waals surface area (Å²) in [6.45, 7) is 3.28. The zero-order valence-corrected chi connectivity index (χ0v) is 12.4. The molecule has 0 aliphatic carbocycles. The van der Waals surface area contributed by atoms with E-state index in [2.05, 4.69) is 44.2 Å². The second-order valence-electron chi connectivity index (χ2n) is 5.89. The van der Waals surface area contributed by atoms with Crippen LogP contribution in [0.25, 0.3) is 11.0 Å². The van der Waals surface area contributed by atoms with Crippen LogP contribution >= 0.6 is 0 Å². The molecule has 1 aliphatic heterocycles. The van der Waals surface area contributed by atoms with E-state index in [-0.39, 0.29) is 0 Å². The maximum Gasteiger partial charge on any atom is 0.0958 e. The Hall–Kier alpha value is -2.10. The van der Waals surface area contributed by atoms with Crippen LogP contribution in [0.5, 0.6) is 0 Å². The zero-order chi connectivity index (χ0) is 14.2. The largest absolute Gasteiger partial charge is 0.331 e. The molecule has 0 amide bonds. The molecule has 0 radical (unpaired) electrons. The fraction of sp³-hybridized carbons (Fsp3) is 0.412. The van der Waals surface area contributed by atoms with Crippen LogP contribution in [-0.4, -0.2) is 19.1 Å². The van der Waals surface area contributed by atoms with Gasteiger partial charge in [-0.1, -0.05) is 19.4 Å². The average Bonchev–Trinajstić information content (AvgIpc) is 3.19. The fourth-order valence-electron chi connectivity index (χ4n) is 3.34. The van der Waals surface area contributed by atoms with Gasteiger partial charge in [-0.15, -0.1) is 0 Å². The van der Waals surface area contributed by atoms with Crippen molar-refractivity contribution in [3.63, 3.8) is 0 Å². The minimum absolute atomic E-state index is 0.432. The Bertz CT molecular complexity index is 768. The molecule has 0 fully saturated rings. The molecule has 4 rings (SSSR count). The molecule has 1 aromatic carbocycles. The van der Waals surface area contributed by atoms with Gasteiger partial charge in [0.25, 0.3) is 0 Å². The molecule has 2 aromatic heterocycles. The van der Waals surface area contributed by atoms with E-state index < -0.39 is 0 Å². The van der Waals surface area contributed by atoms with Gasteiger partial charge in [-0.2, -0.15) is 0 Å². The molecule has 4 heteroatoms. The molecule has 0 saturated carbocycles. The topological polar surface area (TPSA) is 35.6 Å². The monoisotopic (exact) mass is 280 g/mol. The fourth-order valence-corrected chi connectivity index (χ4v) is 3.34. The molecule has 21 heavy (non-hydrogen) atoms. The number of imidazole rings is 2. The van der Waals surface area contributed by atoms with Gasteiger partial charge in [0.1, 0.15) is 0 Å². The summed E-state index contributed by atoms with van der Waals surface area (Å²) in [6, 6.07) is 7.13. The summed E-state index contributed by atoms with van der Waals surface area (Å²) in [4.78, 5) is 8.79. The number of hydrogen-bond acceptors (Lipinski definition) is 2. The van der Waals surface area contributed by atoms with Crippen molar-refractivity contribution in [3.8, 4) is 0 Å². The first-order chi connectivity index (χ1) is 10.4. The minimum Gasteiger partial charge on any atom is -0.331 e. The Morgan fingerprint density at radius 2 is 2.24 bits per heavy atom. The summed E-state index contributed by atoms with van der Waals surface area (Å²) in [6.07, 6.45) is 10.6. The van der Waals surface area contributed by atoms with E-state index in [9.17, 15) is 0 Å². The number of benzene rings is 1. The van der Waals surface area contributed by atoms with Crippen LogP contribution in [0, 0.1) is 0 Å². The van der Waals surface area contributed by atoms with Crippen molar-refractivity contribution >= 4 is 11.0 Å². The number of nitrogens with zero attached hydrogens (tertiary/aromatic N) is 4. The van der Waals surface area contributed by atoms with Crippen LogP contribution in [0.2, 0.25) is 0 Å². The molecular weight excluding hydrogens is 260 g/mol.